The van der Waals surface area contributed by atoms with Crippen LogP contribution in [0.3, 0.4) is 0 Å². The van der Waals surface area contributed by atoms with Gasteiger partial charge >= 0.3 is 5.97 Å². The topological polar surface area (TPSA) is 148 Å². The van der Waals surface area contributed by atoms with Gasteiger partial charge in [0.05, 0.1) is 13.4 Å². The van der Waals surface area contributed by atoms with Crippen LogP contribution < -0.4 is 21.1 Å². The van der Waals surface area contributed by atoms with E-state index in [-0.39, 0.29) is 36.8 Å². The zero-order valence-electron chi connectivity index (χ0n) is 28.8. The first kappa shape index (κ1) is 36.9. The Morgan fingerprint density at radius 3 is 2.24 bits per heavy atom. The number of nitrogens with two attached hydrogens (primary N) is 1. The molecule has 256 valence electrons. The monoisotopic (exact) mass is 639 g/mol. The van der Waals surface area contributed by atoms with E-state index < -0.39 is 12.0 Å². The lowest BCUT2D eigenvalue weighted by molar-refractivity contribution is -0.145. The molecule has 10 heteroatoms. The van der Waals surface area contributed by atoms with Crippen LogP contribution in [0.2, 0.25) is 0 Å². The average Bonchev–Trinajstić information content (AvgIpc) is 3.55. The molecule has 1 aromatic carbocycles. The van der Waals surface area contributed by atoms with Gasteiger partial charge in [0, 0.05) is 43.4 Å². The van der Waals surface area contributed by atoms with Gasteiger partial charge in [0.25, 0.3) is 0 Å². The van der Waals surface area contributed by atoms with Crippen molar-refractivity contribution in [2.45, 2.75) is 142 Å². The highest BCUT2D eigenvalue weighted by molar-refractivity contribution is 5.85. The summed E-state index contributed by atoms with van der Waals surface area (Å²) in [7, 11) is 1.28. The lowest BCUT2D eigenvalue weighted by atomic mass is 9.84. The van der Waals surface area contributed by atoms with Crippen LogP contribution in [0.5, 0.6) is 5.75 Å². The molecule has 46 heavy (non-hydrogen) atoms. The number of fused-ring (bicyclic) bond motifs is 1. The minimum absolute atomic E-state index is 0.0449. The van der Waals surface area contributed by atoms with Crippen molar-refractivity contribution >= 4 is 23.5 Å². The second-order valence-electron chi connectivity index (χ2n) is 13.2. The number of nitrogens with one attached hydrogen (secondary N) is 3. The molecule has 0 saturated carbocycles. The summed E-state index contributed by atoms with van der Waals surface area (Å²) in [5.74, 6) is 0.186. The number of carbonyl (C=O) groups excluding carboxylic acids is 3. The summed E-state index contributed by atoms with van der Waals surface area (Å²) in [6.45, 7) is 8.86. The fourth-order valence-electron chi connectivity index (χ4n) is 6.34. The van der Waals surface area contributed by atoms with Crippen LogP contribution in [0, 0.1) is 20.8 Å². The largest absolute Gasteiger partial charge is 0.487 e. The quantitative estimate of drug-likeness (QED) is 0.0779. The van der Waals surface area contributed by atoms with Gasteiger partial charge in [0.2, 0.25) is 11.8 Å². The fourth-order valence-corrected chi connectivity index (χ4v) is 6.34. The van der Waals surface area contributed by atoms with Crippen molar-refractivity contribution in [2.24, 2.45) is 0 Å². The number of hydrogen-bond acceptors (Lipinski definition) is 7. The Bertz CT molecular complexity index is 1280. The van der Waals surface area contributed by atoms with Crippen molar-refractivity contribution in [1.82, 2.24) is 20.6 Å². The number of ether oxygens (including phenoxy) is 2. The first-order valence-electron chi connectivity index (χ1n) is 17.2. The summed E-state index contributed by atoms with van der Waals surface area (Å²) in [6.07, 6.45) is 18.8. The molecule has 0 saturated heterocycles. The first-order valence-corrected chi connectivity index (χ1v) is 17.2. The van der Waals surface area contributed by atoms with Gasteiger partial charge in [-0.3, -0.25) is 9.59 Å². The molecule has 0 fully saturated rings. The number of unbranched alkanes of at least 4 members (excludes halogenated alkanes) is 9. The molecule has 1 aliphatic heterocycles. The molecule has 2 atom stereocenters. The molecule has 10 nitrogen and oxygen atoms in total. The van der Waals surface area contributed by atoms with Gasteiger partial charge in [0.15, 0.2) is 0 Å². The fraction of sp³-hybridized carbons (Fsp3) is 0.667. The summed E-state index contributed by atoms with van der Waals surface area (Å²) in [4.78, 5) is 43.3. The van der Waals surface area contributed by atoms with Crippen LogP contribution in [0.1, 0.15) is 125 Å². The smallest absolute Gasteiger partial charge is 0.328 e. The van der Waals surface area contributed by atoms with Gasteiger partial charge in [-0.25, -0.2) is 9.78 Å². The van der Waals surface area contributed by atoms with Gasteiger partial charge in [-0.15, -0.1) is 0 Å². The highest BCUT2D eigenvalue weighted by Gasteiger charge is 2.33. The molecule has 0 radical (unpaired) electrons. The number of rotatable bonds is 20. The van der Waals surface area contributed by atoms with Gasteiger partial charge in [-0.05, 0) is 82.1 Å². The minimum Gasteiger partial charge on any atom is -0.487 e. The van der Waals surface area contributed by atoms with Crippen molar-refractivity contribution in [3.05, 3.63) is 40.5 Å². The molecule has 3 rings (SSSR count). The third kappa shape index (κ3) is 11.4. The Hall–Kier alpha value is -3.56. The summed E-state index contributed by atoms with van der Waals surface area (Å²) < 4.78 is 11.4. The predicted molar refractivity (Wildman–Crippen MR) is 182 cm³/mol. The molecule has 0 bridgehead atoms. The number of nitrogen functional groups attached to an aromatic ring is 1. The van der Waals surface area contributed by atoms with Crippen LogP contribution in [0.4, 0.5) is 5.69 Å². The highest BCUT2D eigenvalue weighted by atomic mass is 16.5. The van der Waals surface area contributed by atoms with E-state index in [0.29, 0.717) is 12.1 Å². The molecule has 2 aromatic rings. The maximum Gasteiger partial charge on any atom is 0.328 e. The number of amides is 2. The van der Waals surface area contributed by atoms with E-state index in [2.05, 4.69) is 48.3 Å². The number of aromatic nitrogens is 2. The Morgan fingerprint density at radius 1 is 0.957 bits per heavy atom. The van der Waals surface area contributed by atoms with Crippen molar-refractivity contribution < 1.29 is 23.9 Å². The predicted octanol–water partition coefficient (Wildman–Crippen LogP) is 6.09. The number of anilines is 1. The molecule has 0 aliphatic carbocycles. The minimum atomic E-state index is -0.808. The van der Waals surface area contributed by atoms with Gasteiger partial charge in [-0.1, -0.05) is 51.4 Å². The molecule has 0 spiro atoms. The molecule has 1 aromatic heterocycles. The second kappa shape index (κ2) is 18.6. The number of benzene rings is 1. The highest BCUT2D eigenvalue weighted by Crippen LogP contribution is 2.43. The lowest BCUT2D eigenvalue weighted by Crippen LogP contribution is -2.44. The summed E-state index contributed by atoms with van der Waals surface area (Å²) in [6, 6.07) is -0.808. The molecule has 1 aliphatic rings. The molecule has 1 unspecified atom stereocenters. The number of esters is 1. The van der Waals surface area contributed by atoms with E-state index in [1.54, 1.807) is 6.20 Å². The summed E-state index contributed by atoms with van der Waals surface area (Å²) in [5, 5.41) is 5.48. The Morgan fingerprint density at radius 2 is 1.61 bits per heavy atom. The number of hydrogen-bond donors (Lipinski definition) is 4. The number of methoxy groups -OCH3 is 1. The number of H-pyrrole nitrogens is 1. The molecular formula is C36H57N5O5. The number of nitrogens with zero attached hydrogens (tertiary/aromatic N) is 1. The average molecular weight is 640 g/mol. The SMILES string of the molecule is COC(=O)C(Cc1cnc[nH]1)NC(=O)CCNC(=O)CCCCCCCCCCCC[C@]1(C)CCc2c(C)c(N)c(C)c(C)c2O1. The Kier molecular flexibility index (Phi) is 14.9. The van der Waals surface area contributed by atoms with Crippen LogP contribution in [0.15, 0.2) is 12.5 Å². The zero-order valence-corrected chi connectivity index (χ0v) is 28.8. The maximum atomic E-state index is 12.3. The van der Waals surface area contributed by atoms with Crippen molar-refractivity contribution in [3.8, 4) is 5.75 Å². The molecule has 2 heterocycles. The Labute approximate surface area is 275 Å². The normalized spacial score (nSPS) is 16.3. The lowest BCUT2D eigenvalue weighted by Gasteiger charge is -2.38. The zero-order chi connectivity index (χ0) is 33.5. The maximum absolute atomic E-state index is 12.3. The van der Waals surface area contributed by atoms with E-state index in [0.717, 1.165) is 55.5 Å². The van der Waals surface area contributed by atoms with Gasteiger partial charge < -0.3 is 30.8 Å². The number of imidazole rings is 1. The summed E-state index contributed by atoms with van der Waals surface area (Å²) in [5.41, 5.74) is 12.7. The van der Waals surface area contributed by atoms with Crippen LogP contribution in [-0.4, -0.2) is 53.0 Å². The van der Waals surface area contributed by atoms with E-state index >= 15 is 0 Å². The Balaban J connectivity index is 1.15. The van der Waals surface area contributed by atoms with E-state index in [4.69, 9.17) is 15.2 Å². The van der Waals surface area contributed by atoms with Crippen LogP contribution >= 0.6 is 0 Å². The van der Waals surface area contributed by atoms with Gasteiger partial charge in [0.1, 0.15) is 17.4 Å². The molecule has 2 amide bonds. The molecular weight excluding hydrogens is 582 g/mol. The van der Waals surface area contributed by atoms with Crippen molar-refractivity contribution in [3.63, 3.8) is 0 Å². The van der Waals surface area contributed by atoms with E-state index in [9.17, 15) is 14.4 Å². The van der Waals surface area contributed by atoms with Crippen LogP contribution in [0.25, 0.3) is 0 Å². The van der Waals surface area contributed by atoms with E-state index in [1.165, 1.54) is 75.1 Å². The number of aromatic amines is 1. The third-order valence-corrected chi connectivity index (χ3v) is 9.52. The number of carbonyl (C=O) groups is 3. The summed E-state index contributed by atoms with van der Waals surface area (Å²) >= 11 is 0. The van der Waals surface area contributed by atoms with E-state index in [1.807, 2.05) is 0 Å². The standard InChI is InChI=1S/C36H57N5O5/c1-25-26(2)34-29(27(3)33(25)37)17-20-36(4,46-34)19-15-13-11-9-7-6-8-10-12-14-16-31(42)39-21-18-32(43)41-30(35(44)45-5)22-28-23-38-24-40-28/h23-24,30H,6-22,37H2,1-5H3,(H,38,40)(H,39,42)(H,41,43)/t30?,36-/m1/s1. The second-order valence-corrected chi connectivity index (χ2v) is 13.2. The van der Waals surface area contributed by atoms with Crippen molar-refractivity contribution in [1.29, 1.82) is 0 Å². The van der Waals surface area contributed by atoms with Crippen LogP contribution in [-0.2, 0) is 32.0 Å². The van der Waals surface area contributed by atoms with Crippen molar-refractivity contribution in [2.75, 3.05) is 19.4 Å². The third-order valence-electron chi connectivity index (χ3n) is 9.52. The van der Waals surface area contributed by atoms with Gasteiger partial charge in [-0.2, -0.15) is 0 Å². The first-order chi connectivity index (χ1) is 22.0. The molecule has 5 N–H and O–H groups in total.